The van der Waals surface area contributed by atoms with Gasteiger partial charge >= 0.3 is 0 Å². The van der Waals surface area contributed by atoms with Crippen LogP contribution in [0.4, 0.5) is 4.39 Å². The number of benzene rings is 2. The first-order valence-corrected chi connectivity index (χ1v) is 9.05. The Balaban J connectivity index is 1.63. The minimum absolute atomic E-state index is 0.0619. The van der Waals surface area contributed by atoms with Gasteiger partial charge in [0.15, 0.2) is 0 Å². The molecular formula is C20H22ClFN2O2. The largest absolute Gasteiger partial charge is 0.492 e. The SMILES string of the molecule is CN(CCOc1ccc(Cl)cc1)C(C(=O)NC1CC1)c1ccc(F)cc1. The Morgan fingerprint density at radius 2 is 1.88 bits per heavy atom. The fourth-order valence-corrected chi connectivity index (χ4v) is 2.85. The van der Waals surface area contributed by atoms with Gasteiger partial charge in [-0.05, 0) is 61.9 Å². The first-order chi connectivity index (χ1) is 12.5. The van der Waals surface area contributed by atoms with Crippen LogP contribution in [-0.2, 0) is 4.79 Å². The normalized spacial score (nSPS) is 14.9. The van der Waals surface area contributed by atoms with Gasteiger partial charge in [0.25, 0.3) is 0 Å². The summed E-state index contributed by atoms with van der Waals surface area (Å²) in [7, 11) is 1.87. The van der Waals surface area contributed by atoms with Gasteiger partial charge in [-0.3, -0.25) is 9.69 Å². The molecule has 1 amide bonds. The molecule has 26 heavy (non-hydrogen) atoms. The average molecular weight is 377 g/mol. The van der Waals surface area contributed by atoms with Crippen molar-refractivity contribution in [2.45, 2.75) is 24.9 Å². The number of halogens is 2. The van der Waals surface area contributed by atoms with E-state index in [0.717, 1.165) is 24.2 Å². The van der Waals surface area contributed by atoms with Crippen molar-refractivity contribution < 1.29 is 13.9 Å². The van der Waals surface area contributed by atoms with E-state index in [9.17, 15) is 9.18 Å². The molecule has 0 heterocycles. The van der Waals surface area contributed by atoms with E-state index >= 15 is 0 Å². The third-order valence-corrected chi connectivity index (χ3v) is 4.58. The molecule has 0 bridgehead atoms. The average Bonchev–Trinajstić information content (AvgIpc) is 3.42. The van der Waals surface area contributed by atoms with Gasteiger partial charge in [0.05, 0.1) is 0 Å². The third kappa shape index (κ3) is 5.19. The monoisotopic (exact) mass is 376 g/mol. The van der Waals surface area contributed by atoms with Gasteiger partial charge in [0.1, 0.15) is 24.2 Å². The standard InChI is InChI=1S/C20H22ClFN2O2/c1-24(12-13-26-18-10-4-15(21)5-11-18)19(20(25)23-17-8-9-17)14-2-6-16(22)7-3-14/h2-7,10-11,17,19H,8-9,12-13H2,1H3,(H,23,25). The number of carbonyl (C=O) groups is 1. The van der Waals surface area contributed by atoms with Crippen LogP contribution >= 0.6 is 11.6 Å². The van der Waals surface area contributed by atoms with Crippen LogP contribution in [0.2, 0.25) is 5.02 Å². The Morgan fingerprint density at radius 1 is 1.23 bits per heavy atom. The number of rotatable bonds is 8. The summed E-state index contributed by atoms with van der Waals surface area (Å²) in [5.41, 5.74) is 0.763. The fraction of sp³-hybridized carbons (Fsp3) is 0.350. The summed E-state index contributed by atoms with van der Waals surface area (Å²) < 4.78 is 19.0. The van der Waals surface area contributed by atoms with Crippen molar-refractivity contribution in [2.24, 2.45) is 0 Å². The molecule has 0 radical (unpaired) electrons. The van der Waals surface area contributed by atoms with Crippen LogP contribution in [0.25, 0.3) is 0 Å². The minimum Gasteiger partial charge on any atom is -0.492 e. The number of nitrogens with zero attached hydrogens (tertiary/aromatic N) is 1. The summed E-state index contributed by atoms with van der Waals surface area (Å²) in [6.45, 7) is 0.968. The molecule has 0 aromatic heterocycles. The predicted molar refractivity (Wildman–Crippen MR) is 99.9 cm³/mol. The molecule has 1 aliphatic rings. The van der Waals surface area contributed by atoms with Gasteiger partial charge in [-0.15, -0.1) is 0 Å². The molecule has 1 atom stereocenters. The van der Waals surface area contributed by atoms with Gasteiger partial charge < -0.3 is 10.1 Å². The lowest BCUT2D eigenvalue weighted by Gasteiger charge is -2.27. The molecule has 0 saturated heterocycles. The zero-order chi connectivity index (χ0) is 18.5. The maximum absolute atomic E-state index is 13.2. The second-order valence-electron chi connectivity index (χ2n) is 6.52. The molecule has 0 spiro atoms. The molecule has 2 aromatic carbocycles. The smallest absolute Gasteiger partial charge is 0.242 e. The Hall–Kier alpha value is -2.11. The zero-order valence-electron chi connectivity index (χ0n) is 14.6. The Labute approximate surface area is 157 Å². The summed E-state index contributed by atoms with van der Waals surface area (Å²) in [4.78, 5) is 14.6. The quantitative estimate of drug-likeness (QED) is 0.761. The van der Waals surface area contributed by atoms with Crippen molar-refractivity contribution >= 4 is 17.5 Å². The number of nitrogens with one attached hydrogen (secondary N) is 1. The maximum atomic E-state index is 13.2. The van der Waals surface area contributed by atoms with Gasteiger partial charge in [0, 0.05) is 17.6 Å². The van der Waals surface area contributed by atoms with Crippen LogP contribution < -0.4 is 10.1 Å². The molecule has 138 valence electrons. The maximum Gasteiger partial charge on any atom is 0.242 e. The number of ether oxygens (including phenoxy) is 1. The van der Waals surface area contributed by atoms with E-state index in [1.165, 1.54) is 12.1 Å². The number of hydrogen-bond donors (Lipinski definition) is 1. The van der Waals surface area contributed by atoms with Gasteiger partial charge in [-0.2, -0.15) is 0 Å². The molecule has 2 aromatic rings. The lowest BCUT2D eigenvalue weighted by Crippen LogP contribution is -2.41. The summed E-state index contributed by atoms with van der Waals surface area (Å²) in [6, 6.07) is 13.0. The van der Waals surface area contributed by atoms with Crippen molar-refractivity contribution in [3.63, 3.8) is 0 Å². The molecule has 4 nitrogen and oxygen atoms in total. The molecule has 6 heteroatoms. The second-order valence-corrected chi connectivity index (χ2v) is 6.96. The molecule has 1 fully saturated rings. The highest BCUT2D eigenvalue weighted by Gasteiger charge is 2.30. The molecule has 1 unspecified atom stereocenters. The van der Waals surface area contributed by atoms with Crippen LogP contribution in [0.5, 0.6) is 5.75 Å². The Kier molecular flexibility index (Phi) is 6.12. The van der Waals surface area contributed by atoms with Crippen LogP contribution in [0.1, 0.15) is 24.4 Å². The topological polar surface area (TPSA) is 41.6 Å². The van der Waals surface area contributed by atoms with E-state index in [2.05, 4.69) is 5.32 Å². The molecule has 3 rings (SSSR count). The van der Waals surface area contributed by atoms with Crippen molar-refractivity contribution in [3.05, 3.63) is 64.9 Å². The number of carbonyl (C=O) groups excluding carboxylic acids is 1. The van der Waals surface area contributed by atoms with Gasteiger partial charge in [0.2, 0.25) is 5.91 Å². The van der Waals surface area contributed by atoms with Crippen LogP contribution in [-0.4, -0.2) is 37.0 Å². The third-order valence-electron chi connectivity index (χ3n) is 4.32. The Morgan fingerprint density at radius 3 is 2.50 bits per heavy atom. The summed E-state index contributed by atoms with van der Waals surface area (Å²) in [5.74, 6) is 0.348. The molecule has 1 N–H and O–H groups in total. The van der Waals surface area contributed by atoms with Crippen molar-refractivity contribution in [2.75, 3.05) is 20.2 Å². The van der Waals surface area contributed by atoms with Crippen LogP contribution in [0.15, 0.2) is 48.5 Å². The van der Waals surface area contributed by atoms with Crippen molar-refractivity contribution in [3.8, 4) is 5.75 Å². The summed E-state index contributed by atoms with van der Waals surface area (Å²) in [5, 5.41) is 3.69. The number of likely N-dealkylation sites (N-methyl/N-ethyl adjacent to an activating group) is 1. The lowest BCUT2D eigenvalue weighted by molar-refractivity contribution is -0.126. The highest BCUT2D eigenvalue weighted by atomic mass is 35.5. The number of amides is 1. The van der Waals surface area contributed by atoms with Crippen molar-refractivity contribution in [1.82, 2.24) is 10.2 Å². The predicted octanol–water partition coefficient (Wildman–Crippen LogP) is 3.81. The molecule has 0 aliphatic heterocycles. The fourth-order valence-electron chi connectivity index (χ4n) is 2.73. The molecular weight excluding hydrogens is 355 g/mol. The molecule has 1 saturated carbocycles. The van der Waals surface area contributed by atoms with E-state index in [4.69, 9.17) is 16.3 Å². The molecule has 1 aliphatic carbocycles. The van der Waals surface area contributed by atoms with E-state index in [0.29, 0.717) is 18.2 Å². The van der Waals surface area contributed by atoms with Crippen molar-refractivity contribution in [1.29, 1.82) is 0 Å². The first kappa shape index (κ1) is 18.7. The van der Waals surface area contributed by atoms with E-state index in [1.54, 1.807) is 36.4 Å². The van der Waals surface area contributed by atoms with Crippen LogP contribution in [0, 0.1) is 5.82 Å². The highest BCUT2D eigenvalue weighted by molar-refractivity contribution is 6.30. The summed E-state index contributed by atoms with van der Waals surface area (Å²) >= 11 is 5.86. The number of hydrogen-bond acceptors (Lipinski definition) is 3. The van der Waals surface area contributed by atoms with Gasteiger partial charge in [-0.25, -0.2) is 4.39 Å². The Bertz CT molecular complexity index is 732. The minimum atomic E-state index is -0.481. The van der Waals surface area contributed by atoms with Gasteiger partial charge in [-0.1, -0.05) is 23.7 Å². The zero-order valence-corrected chi connectivity index (χ0v) is 15.4. The highest BCUT2D eigenvalue weighted by Crippen LogP contribution is 2.24. The second kappa shape index (κ2) is 8.52. The summed E-state index contributed by atoms with van der Waals surface area (Å²) in [6.07, 6.45) is 2.04. The van der Waals surface area contributed by atoms with Crippen LogP contribution in [0.3, 0.4) is 0 Å². The lowest BCUT2D eigenvalue weighted by atomic mass is 10.0. The first-order valence-electron chi connectivity index (χ1n) is 8.67. The van der Waals surface area contributed by atoms with E-state index < -0.39 is 6.04 Å². The van der Waals surface area contributed by atoms with E-state index in [-0.39, 0.29) is 17.8 Å². The van der Waals surface area contributed by atoms with E-state index in [1.807, 2.05) is 11.9 Å².